The number of rotatable bonds is 6. The molecule has 4 aromatic rings. The normalized spacial score (nSPS) is 10.8. The largest absolute Gasteiger partial charge is 0.311 e. The van der Waals surface area contributed by atoms with Gasteiger partial charge in [0.2, 0.25) is 0 Å². The molecule has 4 aromatic carbocycles. The Morgan fingerprint density at radius 3 is 1.69 bits per heavy atom. The fourth-order valence-electron chi connectivity index (χ4n) is 3.02. The topological polar surface area (TPSA) is 27.6 Å². The summed E-state index contributed by atoms with van der Waals surface area (Å²) in [6.07, 6.45) is 1.74. The van der Waals surface area contributed by atoms with Crippen LogP contribution in [0.5, 0.6) is 0 Å². The predicted octanol–water partition coefficient (Wildman–Crippen LogP) is 6.74. The van der Waals surface area contributed by atoms with Gasteiger partial charge in [-0.25, -0.2) is 4.39 Å². The van der Waals surface area contributed by atoms with Crippen molar-refractivity contribution in [2.45, 2.75) is 0 Å². The minimum atomic E-state index is -0.267. The fourth-order valence-corrected chi connectivity index (χ4v) is 3.02. The van der Waals surface area contributed by atoms with Crippen LogP contribution in [0.3, 0.4) is 0 Å². The number of benzene rings is 4. The van der Waals surface area contributed by atoms with E-state index in [1.54, 1.807) is 18.3 Å². The lowest BCUT2D eigenvalue weighted by molar-refractivity contribution is 0.628. The lowest BCUT2D eigenvalue weighted by Gasteiger charge is -2.25. The summed E-state index contributed by atoms with van der Waals surface area (Å²) >= 11 is 0. The highest BCUT2D eigenvalue weighted by Crippen LogP contribution is 2.33. The van der Waals surface area contributed by atoms with Gasteiger partial charge >= 0.3 is 0 Å². The van der Waals surface area contributed by atoms with E-state index >= 15 is 0 Å². The van der Waals surface area contributed by atoms with E-state index in [1.807, 2.05) is 48.5 Å². The van der Waals surface area contributed by atoms with Crippen molar-refractivity contribution in [3.63, 3.8) is 0 Å². The molecule has 4 rings (SSSR count). The van der Waals surface area contributed by atoms with E-state index in [9.17, 15) is 4.39 Å². The van der Waals surface area contributed by atoms with Crippen LogP contribution in [-0.4, -0.2) is 6.21 Å². The summed E-state index contributed by atoms with van der Waals surface area (Å²) < 4.78 is 13.0. The second-order valence-electron chi connectivity index (χ2n) is 6.47. The Labute approximate surface area is 169 Å². The van der Waals surface area contributed by atoms with Crippen molar-refractivity contribution in [1.29, 1.82) is 0 Å². The van der Waals surface area contributed by atoms with Crippen LogP contribution >= 0.6 is 0 Å². The highest BCUT2D eigenvalue weighted by Gasteiger charge is 2.11. The third-order valence-electron chi connectivity index (χ3n) is 4.43. The number of anilines is 4. The van der Waals surface area contributed by atoms with Crippen LogP contribution < -0.4 is 10.3 Å². The van der Waals surface area contributed by atoms with E-state index < -0.39 is 0 Å². The molecule has 0 aliphatic carbocycles. The summed E-state index contributed by atoms with van der Waals surface area (Å²) in [4.78, 5) is 2.21. The Morgan fingerprint density at radius 1 is 0.621 bits per heavy atom. The van der Waals surface area contributed by atoms with E-state index in [4.69, 9.17) is 0 Å². The van der Waals surface area contributed by atoms with Crippen molar-refractivity contribution in [3.8, 4) is 0 Å². The van der Waals surface area contributed by atoms with Gasteiger partial charge in [0.15, 0.2) is 0 Å². The third kappa shape index (κ3) is 4.68. The number of nitrogens with zero attached hydrogens (tertiary/aromatic N) is 2. The van der Waals surface area contributed by atoms with Crippen LogP contribution in [0.25, 0.3) is 0 Å². The van der Waals surface area contributed by atoms with Crippen molar-refractivity contribution in [3.05, 3.63) is 121 Å². The molecule has 0 aliphatic heterocycles. The Balaban J connectivity index is 1.54. The number of para-hydroxylation sites is 2. The lowest BCUT2D eigenvalue weighted by atomic mass is 10.1. The number of nitrogens with one attached hydrogen (secondary N) is 1. The molecule has 0 spiro atoms. The Kier molecular flexibility index (Phi) is 5.63. The zero-order chi connectivity index (χ0) is 19.9. The van der Waals surface area contributed by atoms with Crippen molar-refractivity contribution in [1.82, 2.24) is 0 Å². The first kappa shape index (κ1) is 18.4. The molecule has 0 saturated heterocycles. The highest BCUT2D eigenvalue weighted by molar-refractivity contribution is 5.83. The Hall–Kier alpha value is -3.92. The first-order valence-corrected chi connectivity index (χ1v) is 9.34. The third-order valence-corrected chi connectivity index (χ3v) is 4.43. The molecule has 0 radical (unpaired) electrons. The maximum atomic E-state index is 13.0. The maximum Gasteiger partial charge on any atom is 0.123 e. The van der Waals surface area contributed by atoms with Crippen LogP contribution in [0.15, 0.2) is 114 Å². The van der Waals surface area contributed by atoms with E-state index in [2.05, 4.69) is 51.8 Å². The first-order valence-electron chi connectivity index (χ1n) is 9.34. The molecule has 0 unspecified atom stereocenters. The first-order chi connectivity index (χ1) is 14.3. The summed E-state index contributed by atoms with van der Waals surface area (Å²) in [6, 6.07) is 34.8. The van der Waals surface area contributed by atoms with Gasteiger partial charge in [-0.1, -0.05) is 48.5 Å². The molecule has 3 nitrogen and oxygen atoms in total. The molecule has 0 aliphatic rings. The molecule has 1 N–H and O–H groups in total. The lowest BCUT2D eigenvalue weighted by Crippen LogP contribution is -2.09. The second kappa shape index (κ2) is 8.85. The van der Waals surface area contributed by atoms with Crippen LogP contribution in [0.1, 0.15) is 5.56 Å². The Bertz CT molecular complexity index is 1020. The molecule has 0 fully saturated rings. The molecule has 0 atom stereocenters. The summed E-state index contributed by atoms with van der Waals surface area (Å²) in [5.74, 6) is -0.267. The minimum absolute atomic E-state index is 0.267. The zero-order valence-electron chi connectivity index (χ0n) is 15.7. The van der Waals surface area contributed by atoms with Crippen LogP contribution in [0.2, 0.25) is 0 Å². The van der Waals surface area contributed by atoms with Gasteiger partial charge in [0.25, 0.3) is 0 Å². The van der Waals surface area contributed by atoms with Gasteiger partial charge in [0.05, 0.1) is 11.9 Å². The quantitative estimate of drug-likeness (QED) is 0.296. The summed E-state index contributed by atoms with van der Waals surface area (Å²) in [7, 11) is 0. The summed E-state index contributed by atoms with van der Waals surface area (Å²) in [6.45, 7) is 0. The number of hydrogen-bond acceptors (Lipinski definition) is 3. The highest BCUT2D eigenvalue weighted by atomic mass is 19.1. The molecule has 0 bridgehead atoms. The van der Waals surface area contributed by atoms with Crippen molar-refractivity contribution in [2.75, 3.05) is 10.3 Å². The van der Waals surface area contributed by atoms with Crippen molar-refractivity contribution < 1.29 is 4.39 Å². The molecule has 29 heavy (non-hydrogen) atoms. The molecule has 142 valence electrons. The smallest absolute Gasteiger partial charge is 0.123 e. The van der Waals surface area contributed by atoms with Gasteiger partial charge in [-0.3, -0.25) is 5.43 Å². The van der Waals surface area contributed by atoms with Gasteiger partial charge in [-0.15, -0.1) is 0 Å². The molecule has 0 aromatic heterocycles. The van der Waals surface area contributed by atoms with Gasteiger partial charge in [0.1, 0.15) is 5.82 Å². The van der Waals surface area contributed by atoms with Crippen LogP contribution in [0.4, 0.5) is 27.1 Å². The van der Waals surface area contributed by atoms with Crippen LogP contribution in [0, 0.1) is 5.82 Å². The minimum Gasteiger partial charge on any atom is -0.311 e. The SMILES string of the molecule is Fc1ccc(N/N=C/c2ccc(N(c3ccccc3)c3ccccc3)cc2)cc1. The van der Waals surface area contributed by atoms with E-state index in [-0.39, 0.29) is 5.82 Å². The van der Waals surface area contributed by atoms with Crippen molar-refractivity contribution in [2.24, 2.45) is 5.10 Å². The number of hydrazone groups is 1. The summed E-state index contributed by atoms with van der Waals surface area (Å²) in [5.41, 5.74) is 7.85. The van der Waals surface area contributed by atoms with Crippen LogP contribution in [-0.2, 0) is 0 Å². The van der Waals surface area contributed by atoms with Gasteiger partial charge in [-0.05, 0) is 66.2 Å². The Morgan fingerprint density at radius 2 is 1.14 bits per heavy atom. The fraction of sp³-hybridized carbons (Fsp3) is 0. The number of hydrogen-bond donors (Lipinski definition) is 1. The zero-order valence-corrected chi connectivity index (χ0v) is 15.7. The standard InChI is InChI=1S/C25H20FN3/c26-21-13-15-22(16-14-21)28-27-19-20-11-17-25(18-12-20)29(23-7-3-1-4-8-23)24-9-5-2-6-10-24/h1-19,28H/b27-19+. The molecular formula is C25H20FN3. The predicted molar refractivity (Wildman–Crippen MR) is 119 cm³/mol. The molecule has 0 heterocycles. The molecular weight excluding hydrogens is 361 g/mol. The van der Waals surface area contributed by atoms with E-state index in [0.29, 0.717) is 0 Å². The van der Waals surface area contributed by atoms with E-state index in [1.165, 1.54) is 12.1 Å². The summed E-state index contributed by atoms with van der Waals surface area (Å²) in [5, 5.41) is 4.22. The van der Waals surface area contributed by atoms with E-state index in [0.717, 1.165) is 28.3 Å². The van der Waals surface area contributed by atoms with Crippen molar-refractivity contribution >= 4 is 29.0 Å². The average molecular weight is 381 g/mol. The molecule has 4 heteroatoms. The number of halogens is 1. The molecule has 0 saturated carbocycles. The monoisotopic (exact) mass is 381 g/mol. The maximum absolute atomic E-state index is 13.0. The average Bonchev–Trinajstić information content (AvgIpc) is 2.78. The van der Waals surface area contributed by atoms with Gasteiger partial charge in [-0.2, -0.15) is 5.10 Å². The molecule has 0 amide bonds. The second-order valence-corrected chi connectivity index (χ2v) is 6.47. The van der Waals surface area contributed by atoms with Gasteiger partial charge in [0, 0.05) is 17.1 Å². The van der Waals surface area contributed by atoms with Gasteiger partial charge < -0.3 is 4.90 Å².